The van der Waals surface area contributed by atoms with Gasteiger partial charge in [0.2, 0.25) is 10.0 Å². The molecular weight excluding hydrogens is 326 g/mol. The Bertz CT molecular complexity index is 810. The van der Waals surface area contributed by atoms with Gasteiger partial charge in [-0.15, -0.1) is 0 Å². The van der Waals surface area contributed by atoms with E-state index >= 15 is 0 Å². The van der Waals surface area contributed by atoms with Crippen LogP contribution < -0.4 is 9.62 Å². The molecule has 130 valence electrons. The van der Waals surface area contributed by atoms with E-state index < -0.39 is 10.0 Å². The zero-order valence-electron chi connectivity index (χ0n) is 14.2. The Kier molecular flexibility index (Phi) is 4.64. The molecule has 3 rings (SSSR count). The molecule has 1 aromatic heterocycles. The van der Waals surface area contributed by atoms with Gasteiger partial charge in [0.25, 0.3) is 0 Å². The minimum atomic E-state index is -3.57. The summed E-state index contributed by atoms with van der Waals surface area (Å²) in [5, 5.41) is 3.71. The second kappa shape index (κ2) is 6.57. The van der Waals surface area contributed by atoms with Crippen molar-refractivity contribution >= 4 is 15.7 Å². The lowest BCUT2D eigenvalue weighted by molar-refractivity contribution is 0.390. The van der Waals surface area contributed by atoms with Crippen LogP contribution in [0.25, 0.3) is 0 Å². The number of nitrogens with one attached hydrogen (secondary N) is 1. The minimum Gasteiger partial charge on any atom is -0.368 e. The number of para-hydroxylation sites is 1. The largest absolute Gasteiger partial charge is 0.368 e. The maximum Gasteiger partial charge on any atom is 0.245 e. The molecule has 0 amide bonds. The second-order valence-corrected chi connectivity index (χ2v) is 7.98. The third kappa shape index (κ3) is 3.18. The normalized spacial score (nSPS) is 17.3. The zero-order valence-corrected chi connectivity index (χ0v) is 15.1. The van der Waals surface area contributed by atoms with E-state index in [1.54, 1.807) is 13.8 Å². The predicted octanol–water partition coefficient (Wildman–Crippen LogP) is 2.41. The van der Waals surface area contributed by atoms with E-state index in [0.717, 1.165) is 19.4 Å². The molecule has 0 aliphatic carbocycles. The summed E-state index contributed by atoms with van der Waals surface area (Å²) < 4.78 is 32.3. The second-order valence-electron chi connectivity index (χ2n) is 6.28. The van der Waals surface area contributed by atoms with Crippen LogP contribution in [-0.4, -0.2) is 32.7 Å². The van der Waals surface area contributed by atoms with Gasteiger partial charge in [-0.25, -0.2) is 13.1 Å². The first-order chi connectivity index (χ1) is 11.4. The molecule has 24 heavy (non-hydrogen) atoms. The molecule has 1 aliphatic heterocycles. The van der Waals surface area contributed by atoms with Crippen molar-refractivity contribution in [2.45, 2.75) is 44.6 Å². The van der Waals surface area contributed by atoms with Gasteiger partial charge >= 0.3 is 0 Å². The number of rotatable bonds is 6. The van der Waals surface area contributed by atoms with Crippen molar-refractivity contribution in [2.24, 2.45) is 0 Å². The first-order valence-electron chi connectivity index (χ1n) is 8.17. The Hall–Kier alpha value is -1.86. The highest BCUT2D eigenvalue weighted by Gasteiger charge is 2.26. The number of benzene rings is 1. The highest BCUT2D eigenvalue weighted by Crippen LogP contribution is 2.31. The lowest BCUT2D eigenvalue weighted by Crippen LogP contribution is -2.33. The monoisotopic (exact) mass is 349 g/mol. The quantitative estimate of drug-likeness (QED) is 0.811. The van der Waals surface area contributed by atoms with Gasteiger partial charge in [0.1, 0.15) is 10.6 Å². The SMILES string of the molecule is Cc1noc(C)c1S(=O)(=O)NCCCN1c2ccccc2C[C@@H]1C. The molecule has 2 aromatic rings. The third-order valence-corrected chi connectivity index (χ3v) is 6.16. The summed E-state index contributed by atoms with van der Waals surface area (Å²) in [5.74, 6) is 0.321. The molecular formula is C17H23N3O3S. The Morgan fingerprint density at radius 1 is 1.33 bits per heavy atom. The van der Waals surface area contributed by atoms with Crippen LogP contribution in [0.3, 0.4) is 0 Å². The highest BCUT2D eigenvalue weighted by molar-refractivity contribution is 7.89. The summed E-state index contributed by atoms with van der Waals surface area (Å²) in [5.41, 5.74) is 3.02. The standard InChI is InChI=1S/C17H23N3O3S/c1-12-11-15-7-4-5-8-16(15)20(12)10-6-9-18-24(21,22)17-13(2)19-23-14(17)3/h4-5,7-8,12,18H,6,9-11H2,1-3H3/t12-/m0/s1. The van der Waals surface area contributed by atoms with Crippen LogP contribution in [0.5, 0.6) is 0 Å². The van der Waals surface area contributed by atoms with Crippen LogP contribution in [0, 0.1) is 13.8 Å². The fourth-order valence-corrected chi connectivity index (χ4v) is 4.76. The molecule has 1 N–H and O–H groups in total. The molecule has 1 atom stereocenters. The topological polar surface area (TPSA) is 75.4 Å². The Labute approximate surface area is 142 Å². The van der Waals surface area contributed by atoms with E-state index in [1.807, 2.05) is 6.07 Å². The summed E-state index contributed by atoms with van der Waals surface area (Å²) in [6.45, 7) is 6.65. The van der Waals surface area contributed by atoms with Crippen molar-refractivity contribution in [2.75, 3.05) is 18.0 Å². The molecule has 0 radical (unpaired) electrons. The van der Waals surface area contributed by atoms with Crippen molar-refractivity contribution in [3.63, 3.8) is 0 Å². The van der Waals surface area contributed by atoms with E-state index in [4.69, 9.17) is 4.52 Å². The molecule has 0 unspecified atom stereocenters. The molecule has 1 aromatic carbocycles. The van der Waals surface area contributed by atoms with Crippen molar-refractivity contribution in [1.82, 2.24) is 9.88 Å². The van der Waals surface area contributed by atoms with Gasteiger partial charge in [0, 0.05) is 24.8 Å². The molecule has 0 saturated carbocycles. The van der Waals surface area contributed by atoms with Gasteiger partial charge in [-0.3, -0.25) is 0 Å². The number of fused-ring (bicyclic) bond motifs is 1. The summed E-state index contributed by atoms with van der Waals surface area (Å²) in [4.78, 5) is 2.50. The summed E-state index contributed by atoms with van der Waals surface area (Å²) in [6.07, 6.45) is 1.78. The summed E-state index contributed by atoms with van der Waals surface area (Å²) >= 11 is 0. The van der Waals surface area contributed by atoms with Gasteiger partial charge < -0.3 is 9.42 Å². The third-order valence-electron chi connectivity index (χ3n) is 4.45. The van der Waals surface area contributed by atoms with Crippen molar-refractivity contribution in [1.29, 1.82) is 0 Å². The van der Waals surface area contributed by atoms with Crippen molar-refractivity contribution in [3.05, 3.63) is 41.3 Å². The summed E-state index contributed by atoms with van der Waals surface area (Å²) in [7, 11) is -3.57. The summed E-state index contributed by atoms with van der Waals surface area (Å²) in [6, 6.07) is 8.84. The fraction of sp³-hybridized carbons (Fsp3) is 0.471. The van der Waals surface area contributed by atoms with Crippen LogP contribution in [0.4, 0.5) is 5.69 Å². The fourth-order valence-electron chi connectivity index (χ4n) is 3.36. The molecule has 1 aliphatic rings. The van der Waals surface area contributed by atoms with Crippen LogP contribution in [0.15, 0.2) is 33.7 Å². The van der Waals surface area contributed by atoms with Crippen molar-refractivity contribution < 1.29 is 12.9 Å². The van der Waals surface area contributed by atoms with E-state index in [-0.39, 0.29) is 4.90 Å². The van der Waals surface area contributed by atoms with Gasteiger partial charge in [0.05, 0.1) is 0 Å². The van der Waals surface area contributed by atoms with E-state index in [1.165, 1.54) is 11.3 Å². The van der Waals surface area contributed by atoms with Gasteiger partial charge in [-0.1, -0.05) is 23.4 Å². The van der Waals surface area contributed by atoms with Crippen LogP contribution in [0.2, 0.25) is 0 Å². The van der Waals surface area contributed by atoms with E-state index in [9.17, 15) is 8.42 Å². The molecule has 6 nitrogen and oxygen atoms in total. The first-order valence-corrected chi connectivity index (χ1v) is 9.65. The van der Waals surface area contributed by atoms with E-state index in [0.29, 0.717) is 24.0 Å². The maximum absolute atomic E-state index is 12.4. The smallest absolute Gasteiger partial charge is 0.245 e. The van der Waals surface area contributed by atoms with Crippen LogP contribution in [0.1, 0.15) is 30.4 Å². The number of anilines is 1. The number of nitrogens with zero attached hydrogens (tertiary/aromatic N) is 2. The molecule has 0 bridgehead atoms. The van der Waals surface area contributed by atoms with E-state index in [2.05, 4.69) is 39.9 Å². The number of hydrogen-bond acceptors (Lipinski definition) is 5. The van der Waals surface area contributed by atoms with Gasteiger partial charge in [-0.05, 0) is 45.2 Å². The van der Waals surface area contributed by atoms with Gasteiger partial charge in [0.15, 0.2) is 5.76 Å². The zero-order chi connectivity index (χ0) is 17.3. The first kappa shape index (κ1) is 17.0. The van der Waals surface area contributed by atoms with Crippen molar-refractivity contribution in [3.8, 4) is 0 Å². The molecule has 0 fully saturated rings. The Balaban J connectivity index is 1.58. The lowest BCUT2D eigenvalue weighted by Gasteiger charge is -2.24. The Morgan fingerprint density at radius 2 is 2.08 bits per heavy atom. The van der Waals surface area contributed by atoms with Crippen LogP contribution in [-0.2, 0) is 16.4 Å². The molecule has 0 spiro atoms. The molecule has 7 heteroatoms. The number of hydrogen-bond donors (Lipinski definition) is 1. The minimum absolute atomic E-state index is 0.155. The molecule has 2 heterocycles. The highest BCUT2D eigenvalue weighted by atomic mass is 32.2. The average molecular weight is 349 g/mol. The lowest BCUT2D eigenvalue weighted by atomic mass is 10.1. The number of aromatic nitrogens is 1. The van der Waals surface area contributed by atoms with Crippen LogP contribution >= 0.6 is 0 Å². The molecule has 0 saturated heterocycles. The Morgan fingerprint density at radius 3 is 2.79 bits per heavy atom. The van der Waals surface area contributed by atoms with Gasteiger partial charge in [-0.2, -0.15) is 0 Å². The predicted molar refractivity (Wildman–Crippen MR) is 92.7 cm³/mol. The number of sulfonamides is 1. The average Bonchev–Trinajstić information content (AvgIpc) is 3.03. The number of aryl methyl sites for hydroxylation is 2. The maximum atomic E-state index is 12.4.